The number of rotatable bonds is 5. The maximum Gasteiger partial charge on any atom is 0.335 e. The second-order valence-corrected chi connectivity index (χ2v) is 10.5. The van der Waals surface area contributed by atoms with Crippen molar-refractivity contribution in [2.75, 3.05) is 11.5 Å². The Morgan fingerprint density at radius 1 is 1.19 bits per heavy atom. The number of nitrogens with two attached hydrogens (primary N) is 1. The summed E-state index contributed by atoms with van der Waals surface area (Å²) >= 11 is 6.05. The van der Waals surface area contributed by atoms with Gasteiger partial charge in [-0.1, -0.05) is 63.5 Å². The number of nitrogen functional groups attached to an aromatic ring is 1. The monoisotopic (exact) mass is 483 g/mol. The van der Waals surface area contributed by atoms with E-state index in [-0.39, 0.29) is 11.2 Å². The Morgan fingerprint density at radius 2 is 1.97 bits per heavy atom. The van der Waals surface area contributed by atoms with Crippen LogP contribution in [-0.2, 0) is 6.54 Å². The summed E-state index contributed by atoms with van der Waals surface area (Å²) in [5.74, 6) is 0.374. The highest BCUT2D eigenvalue weighted by Crippen LogP contribution is 2.48. The molecule has 1 saturated heterocycles. The number of nitrogens with zero attached hydrogens (tertiary/aromatic N) is 4. The van der Waals surface area contributed by atoms with Gasteiger partial charge in [0.05, 0.1) is 17.5 Å². The maximum absolute atomic E-state index is 11.8. The predicted molar refractivity (Wildman–Crippen MR) is 130 cm³/mol. The Kier molecular flexibility index (Phi) is 5.71. The Bertz CT molecular complexity index is 1310. The van der Waals surface area contributed by atoms with Crippen molar-refractivity contribution in [1.29, 1.82) is 0 Å². The Balaban J connectivity index is 1.55. The topological polar surface area (TPSA) is 107 Å². The molecule has 0 saturated carbocycles. The third-order valence-electron chi connectivity index (χ3n) is 5.51. The van der Waals surface area contributed by atoms with Crippen LogP contribution in [0.3, 0.4) is 0 Å². The molecule has 0 amide bonds. The minimum Gasteiger partial charge on any atom is -0.478 e. The molecule has 162 valence electrons. The van der Waals surface area contributed by atoms with E-state index in [2.05, 4.69) is 9.97 Å². The van der Waals surface area contributed by atoms with E-state index in [9.17, 15) is 9.90 Å². The van der Waals surface area contributed by atoms with Gasteiger partial charge in [0.2, 0.25) is 0 Å². The van der Waals surface area contributed by atoms with Crippen LogP contribution in [0.4, 0.5) is 5.82 Å². The zero-order valence-electron chi connectivity index (χ0n) is 16.7. The molecular weight excluding hydrogens is 466 g/mol. The highest BCUT2D eigenvalue weighted by molar-refractivity contribution is 8.77. The first-order chi connectivity index (χ1) is 15.5. The lowest BCUT2D eigenvalue weighted by Crippen LogP contribution is -2.21. The van der Waals surface area contributed by atoms with Gasteiger partial charge in [0, 0.05) is 27.5 Å². The molecule has 32 heavy (non-hydrogen) atoms. The third-order valence-corrected chi connectivity index (χ3v) is 8.67. The maximum atomic E-state index is 11.8. The van der Waals surface area contributed by atoms with Gasteiger partial charge in [-0.05, 0) is 23.8 Å². The van der Waals surface area contributed by atoms with Gasteiger partial charge < -0.3 is 10.8 Å². The quantitative estimate of drug-likeness (QED) is 0.383. The molecule has 10 heteroatoms. The molecule has 7 nitrogen and oxygen atoms in total. The van der Waals surface area contributed by atoms with E-state index < -0.39 is 5.97 Å². The molecule has 1 aliphatic rings. The van der Waals surface area contributed by atoms with Crippen molar-refractivity contribution in [2.45, 2.75) is 17.7 Å². The molecule has 0 bridgehead atoms. The largest absolute Gasteiger partial charge is 0.478 e. The summed E-state index contributed by atoms with van der Waals surface area (Å²) in [6, 6.07) is 14.6. The number of carbonyl (C=O) groups is 1. The average molecular weight is 484 g/mol. The van der Waals surface area contributed by atoms with Crippen LogP contribution in [0.5, 0.6) is 0 Å². The first-order valence-electron chi connectivity index (χ1n) is 9.86. The average Bonchev–Trinajstić information content (AvgIpc) is 3.40. The summed E-state index contributed by atoms with van der Waals surface area (Å²) < 4.78 is 1.86. The first kappa shape index (κ1) is 21.1. The van der Waals surface area contributed by atoms with Crippen molar-refractivity contribution in [2.24, 2.45) is 0 Å². The molecule has 3 N–H and O–H groups in total. The molecule has 0 aliphatic carbocycles. The van der Waals surface area contributed by atoms with Crippen LogP contribution in [0.25, 0.3) is 22.3 Å². The molecular formula is C22H18ClN5O2S2. The van der Waals surface area contributed by atoms with Crippen LogP contribution in [0, 0.1) is 0 Å². The lowest BCUT2D eigenvalue weighted by molar-refractivity contribution is 0.0695. The second kappa shape index (κ2) is 8.65. The molecule has 2 atom stereocenters. The van der Waals surface area contributed by atoms with Crippen LogP contribution < -0.4 is 5.73 Å². The van der Waals surface area contributed by atoms with Gasteiger partial charge in [0.15, 0.2) is 5.65 Å². The number of fused-ring (bicyclic) bond motifs is 1. The standard InChI is InChI=1S/C22H18ClN5O2S2/c23-13-7-5-12(6-8-13)19-18-20(24)25-11-26-21(18)28(27-19)9-17-16(10-31-32-17)14-3-1-2-4-15(14)22(29)30/h1-8,11,16-17H,9-10H2,(H,29,30)(H2,24,25,26)/t16-,17-/m0/s1. The van der Waals surface area contributed by atoms with Crippen LogP contribution in [0.1, 0.15) is 21.8 Å². The number of halogens is 1. The van der Waals surface area contributed by atoms with E-state index in [0.29, 0.717) is 39.7 Å². The number of aromatic carboxylic acids is 1. The minimum atomic E-state index is -0.906. The smallest absolute Gasteiger partial charge is 0.335 e. The number of aromatic nitrogens is 4. The molecule has 2 aromatic heterocycles. The molecule has 3 heterocycles. The van der Waals surface area contributed by atoms with Gasteiger partial charge in [-0.25, -0.2) is 19.4 Å². The van der Waals surface area contributed by atoms with Crippen LogP contribution in [-0.4, -0.2) is 41.8 Å². The van der Waals surface area contributed by atoms with Gasteiger partial charge >= 0.3 is 5.97 Å². The normalized spacial score (nSPS) is 18.3. The van der Waals surface area contributed by atoms with Crippen molar-refractivity contribution < 1.29 is 9.90 Å². The van der Waals surface area contributed by atoms with Crippen LogP contribution in [0.2, 0.25) is 5.02 Å². The number of carboxylic acids is 1. The van der Waals surface area contributed by atoms with Crippen molar-refractivity contribution in [3.8, 4) is 11.3 Å². The molecule has 0 unspecified atom stereocenters. The Hall–Kier alpha value is -2.75. The summed E-state index contributed by atoms with van der Waals surface area (Å²) in [4.78, 5) is 20.4. The van der Waals surface area contributed by atoms with E-state index in [1.54, 1.807) is 33.7 Å². The lowest BCUT2D eigenvalue weighted by atomic mass is 9.92. The molecule has 2 aromatic carbocycles. The predicted octanol–water partition coefficient (Wildman–Crippen LogP) is 4.97. The zero-order chi connectivity index (χ0) is 22.2. The number of benzene rings is 2. The van der Waals surface area contributed by atoms with E-state index in [1.165, 1.54) is 6.33 Å². The van der Waals surface area contributed by atoms with Crippen molar-refractivity contribution in [3.05, 3.63) is 71.0 Å². The fourth-order valence-electron chi connectivity index (χ4n) is 3.98. The molecule has 1 fully saturated rings. The molecule has 5 rings (SSSR count). The number of anilines is 1. The van der Waals surface area contributed by atoms with Crippen LogP contribution in [0.15, 0.2) is 54.9 Å². The van der Waals surface area contributed by atoms with Gasteiger partial charge in [-0.3, -0.25) is 0 Å². The van der Waals surface area contributed by atoms with Gasteiger partial charge in [0.25, 0.3) is 0 Å². The van der Waals surface area contributed by atoms with Crippen molar-refractivity contribution in [3.63, 3.8) is 0 Å². The van der Waals surface area contributed by atoms with Gasteiger partial charge in [-0.15, -0.1) is 0 Å². The van der Waals surface area contributed by atoms with E-state index in [4.69, 9.17) is 22.4 Å². The molecule has 0 spiro atoms. The Morgan fingerprint density at radius 3 is 2.75 bits per heavy atom. The summed E-state index contributed by atoms with van der Waals surface area (Å²) in [6.07, 6.45) is 1.44. The molecule has 1 aliphatic heterocycles. The second-order valence-electron chi connectivity index (χ2n) is 7.41. The van der Waals surface area contributed by atoms with Crippen molar-refractivity contribution >= 4 is 56.0 Å². The molecule has 0 radical (unpaired) electrons. The van der Waals surface area contributed by atoms with E-state index in [0.717, 1.165) is 16.9 Å². The third kappa shape index (κ3) is 3.80. The Labute approximate surface area is 196 Å². The first-order valence-corrected chi connectivity index (χ1v) is 12.6. The highest BCUT2D eigenvalue weighted by Gasteiger charge is 2.34. The fraction of sp³-hybridized carbons (Fsp3) is 0.182. The lowest BCUT2D eigenvalue weighted by Gasteiger charge is -2.20. The number of hydrogen-bond acceptors (Lipinski definition) is 7. The summed E-state index contributed by atoms with van der Waals surface area (Å²) in [5.41, 5.74) is 9.65. The van der Waals surface area contributed by atoms with Crippen LogP contribution >= 0.6 is 33.2 Å². The summed E-state index contributed by atoms with van der Waals surface area (Å²) in [7, 11) is 3.50. The van der Waals surface area contributed by atoms with Gasteiger partial charge in [-0.2, -0.15) is 5.10 Å². The number of carboxylic acid groups (broad SMARTS) is 1. The zero-order valence-corrected chi connectivity index (χ0v) is 19.1. The van der Waals surface area contributed by atoms with E-state index in [1.807, 2.05) is 41.1 Å². The summed E-state index contributed by atoms with van der Waals surface area (Å²) in [5, 5.41) is 16.0. The van der Waals surface area contributed by atoms with Gasteiger partial charge in [0.1, 0.15) is 17.8 Å². The SMILES string of the molecule is Nc1ncnc2c1c(-c1ccc(Cl)cc1)nn2C[C@@H]1SSC[C@H]1c1ccccc1C(=O)O. The minimum absolute atomic E-state index is 0.0784. The fourth-order valence-corrected chi connectivity index (χ4v) is 7.40. The summed E-state index contributed by atoms with van der Waals surface area (Å²) in [6.45, 7) is 0.566. The number of hydrogen-bond donors (Lipinski definition) is 2. The molecule has 4 aromatic rings. The van der Waals surface area contributed by atoms with Crippen molar-refractivity contribution in [1.82, 2.24) is 19.7 Å². The highest BCUT2D eigenvalue weighted by atomic mass is 35.5. The van der Waals surface area contributed by atoms with E-state index >= 15 is 0 Å².